The number of hydrogen-bond donors (Lipinski definition) is 1. The van der Waals surface area contributed by atoms with E-state index in [1.807, 2.05) is 0 Å². The SMILES string of the molecule is CC1CC(NC2CCCSC2)C1C. The van der Waals surface area contributed by atoms with Gasteiger partial charge in [-0.2, -0.15) is 11.8 Å². The van der Waals surface area contributed by atoms with E-state index in [-0.39, 0.29) is 0 Å². The summed E-state index contributed by atoms with van der Waals surface area (Å²) in [6, 6.07) is 1.65. The molecule has 1 N–H and O–H groups in total. The van der Waals surface area contributed by atoms with Crippen molar-refractivity contribution in [2.45, 2.75) is 45.2 Å². The highest BCUT2D eigenvalue weighted by Gasteiger charge is 2.35. The van der Waals surface area contributed by atoms with Crippen LogP contribution in [0.4, 0.5) is 0 Å². The maximum atomic E-state index is 3.81. The van der Waals surface area contributed by atoms with Crippen LogP contribution in [0.25, 0.3) is 0 Å². The molecule has 1 aliphatic heterocycles. The van der Waals surface area contributed by atoms with Crippen molar-refractivity contribution in [1.29, 1.82) is 0 Å². The Bertz CT molecular complexity index is 163. The number of hydrogen-bond acceptors (Lipinski definition) is 2. The van der Waals surface area contributed by atoms with Gasteiger partial charge in [-0.3, -0.25) is 0 Å². The van der Waals surface area contributed by atoms with E-state index in [4.69, 9.17) is 0 Å². The van der Waals surface area contributed by atoms with Gasteiger partial charge in [0.05, 0.1) is 0 Å². The average molecular weight is 199 g/mol. The van der Waals surface area contributed by atoms with Crippen LogP contribution in [0.15, 0.2) is 0 Å². The van der Waals surface area contributed by atoms with Crippen molar-refractivity contribution < 1.29 is 0 Å². The Labute approximate surface area is 86.0 Å². The van der Waals surface area contributed by atoms with E-state index in [9.17, 15) is 0 Å². The Morgan fingerprint density at radius 3 is 2.69 bits per heavy atom. The van der Waals surface area contributed by atoms with Gasteiger partial charge >= 0.3 is 0 Å². The largest absolute Gasteiger partial charge is 0.310 e. The van der Waals surface area contributed by atoms with Gasteiger partial charge in [0.15, 0.2) is 0 Å². The second-order valence-corrected chi connectivity index (χ2v) is 5.91. The zero-order valence-electron chi connectivity index (χ0n) is 8.75. The first-order chi connectivity index (χ1) is 6.27. The number of rotatable bonds is 2. The van der Waals surface area contributed by atoms with Crippen LogP contribution in [0, 0.1) is 11.8 Å². The first-order valence-electron chi connectivity index (χ1n) is 5.61. The minimum Gasteiger partial charge on any atom is -0.310 e. The zero-order valence-corrected chi connectivity index (χ0v) is 9.57. The van der Waals surface area contributed by atoms with Crippen molar-refractivity contribution in [1.82, 2.24) is 5.32 Å². The Hall–Kier alpha value is 0.310. The summed E-state index contributed by atoms with van der Waals surface area (Å²) < 4.78 is 0. The standard InChI is InChI=1S/C11H21NS/c1-8-6-11(9(8)2)12-10-4-3-5-13-7-10/h8-12H,3-7H2,1-2H3. The zero-order chi connectivity index (χ0) is 9.26. The molecule has 0 spiro atoms. The van der Waals surface area contributed by atoms with Crippen LogP contribution < -0.4 is 5.32 Å². The van der Waals surface area contributed by atoms with Crippen molar-refractivity contribution >= 4 is 11.8 Å². The molecule has 1 heterocycles. The molecular formula is C11H21NS. The van der Waals surface area contributed by atoms with E-state index >= 15 is 0 Å². The molecule has 0 aromatic rings. The van der Waals surface area contributed by atoms with E-state index in [0.29, 0.717) is 0 Å². The van der Waals surface area contributed by atoms with E-state index < -0.39 is 0 Å². The third kappa shape index (κ3) is 2.21. The summed E-state index contributed by atoms with van der Waals surface area (Å²) in [5, 5.41) is 3.81. The van der Waals surface area contributed by atoms with Crippen LogP contribution in [0.3, 0.4) is 0 Å². The average Bonchev–Trinajstić information content (AvgIpc) is 2.19. The molecule has 0 bridgehead atoms. The molecule has 4 atom stereocenters. The van der Waals surface area contributed by atoms with Crippen LogP contribution in [0.2, 0.25) is 0 Å². The van der Waals surface area contributed by atoms with Crippen LogP contribution in [-0.4, -0.2) is 23.6 Å². The van der Waals surface area contributed by atoms with Gasteiger partial charge in [0.25, 0.3) is 0 Å². The molecule has 1 aliphatic carbocycles. The lowest BCUT2D eigenvalue weighted by Gasteiger charge is -2.44. The Kier molecular flexibility index (Phi) is 3.20. The summed E-state index contributed by atoms with van der Waals surface area (Å²) in [7, 11) is 0. The molecule has 76 valence electrons. The Balaban J connectivity index is 1.72. The third-order valence-corrected chi connectivity index (χ3v) is 4.98. The molecule has 1 saturated heterocycles. The number of thioether (sulfide) groups is 1. The fourth-order valence-corrected chi connectivity index (χ4v) is 3.51. The molecule has 0 aromatic carbocycles. The van der Waals surface area contributed by atoms with Crippen molar-refractivity contribution in [3.8, 4) is 0 Å². The second kappa shape index (κ2) is 4.22. The predicted octanol–water partition coefficient (Wildman–Crippen LogP) is 2.52. The van der Waals surface area contributed by atoms with Gasteiger partial charge in [0.1, 0.15) is 0 Å². The quantitative estimate of drug-likeness (QED) is 0.733. The van der Waals surface area contributed by atoms with Crippen LogP contribution >= 0.6 is 11.8 Å². The molecule has 2 heteroatoms. The van der Waals surface area contributed by atoms with Gasteiger partial charge in [-0.25, -0.2) is 0 Å². The fourth-order valence-electron chi connectivity index (χ4n) is 2.43. The van der Waals surface area contributed by atoms with Crippen molar-refractivity contribution in [3.05, 3.63) is 0 Å². The first kappa shape index (κ1) is 9.85. The summed E-state index contributed by atoms with van der Waals surface area (Å²) in [5.41, 5.74) is 0. The van der Waals surface area contributed by atoms with E-state index in [1.165, 1.54) is 30.8 Å². The molecule has 1 saturated carbocycles. The van der Waals surface area contributed by atoms with Gasteiger partial charge < -0.3 is 5.32 Å². The van der Waals surface area contributed by atoms with Crippen LogP contribution in [0.1, 0.15) is 33.1 Å². The fraction of sp³-hybridized carbons (Fsp3) is 1.00. The van der Waals surface area contributed by atoms with Crippen LogP contribution in [-0.2, 0) is 0 Å². The first-order valence-corrected chi connectivity index (χ1v) is 6.76. The molecule has 1 nitrogen and oxygen atoms in total. The molecule has 2 fully saturated rings. The van der Waals surface area contributed by atoms with E-state index in [2.05, 4.69) is 30.9 Å². The minimum atomic E-state index is 0.818. The van der Waals surface area contributed by atoms with Crippen molar-refractivity contribution in [3.63, 3.8) is 0 Å². The third-order valence-electron chi connectivity index (χ3n) is 3.77. The molecule has 0 amide bonds. The summed E-state index contributed by atoms with van der Waals surface area (Å²) in [5.74, 6) is 4.59. The smallest absolute Gasteiger partial charge is 0.0161 e. The molecule has 2 aliphatic rings. The normalized spacial score (nSPS) is 45.7. The van der Waals surface area contributed by atoms with Crippen molar-refractivity contribution in [2.75, 3.05) is 11.5 Å². The number of nitrogens with one attached hydrogen (secondary N) is 1. The van der Waals surface area contributed by atoms with E-state index in [1.54, 1.807) is 0 Å². The maximum absolute atomic E-state index is 3.81. The lowest BCUT2D eigenvalue weighted by molar-refractivity contribution is 0.126. The highest BCUT2D eigenvalue weighted by molar-refractivity contribution is 7.99. The lowest BCUT2D eigenvalue weighted by atomic mass is 9.71. The molecule has 0 radical (unpaired) electrons. The van der Waals surface area contributed by atoms with Gasteiger partial charge in [-0.1, -0.05) is 13.8 Å². The summed E-state index contributed by atoms with van der Waals surface area (Å²) in [4.78, 5) is 0. The van der Waals surface area contributed by atoms with Gasteiger partial charge in [0, 0.05) is 17.8 Å². The summed E-state index contributed by atoms with van der Waals surface area (Å²) in [6.07, 6.45) is 4.23. The molecule has 4 unspecified atom stereocenters. The van der Waals surface area contributed by atoms with E-state index in [0.717, 1.165) is 23.9 Å². The topological polar surface area (TPSA) is 12.0 Å². The molecule has 0 aromatic heterocycles. The van der Waals surface area contributed by atoms with Gasteiger partial charge in [0.2, 0.25) is 0 Å². The minimum absolute atomic E-state index is 0.818. The lowest BCUT2D eigenvalue weighted by Crippen LogP contribution is -2.52. The predicted molar refractivity (Wildman–Crippen MR) is 60.2 cm³/mol. The highest BCUT2D eigenvalue weighted by Crippen LogP contribution is 2.34. The monoisotopic (exact) mass is 199 g/mol. The Morgan fingerprint density at radius 1 is 1.31 bits per heavy atom. The van der Waals surface area contributed by atoms with Gasteiger partial charge in [-0.05, 0) is 36.9 Å². The second-order valence-electron chi connectivity index (χ2n) is 4.76. The van der Waals surface area contributed by atoms with Crippen molar-refractivity contribution in [2.24, 2.45) is 11.8 Å². The highest BCUT2D eigenvalue weighted by atomic mass is 32.2. The Morgan fingerprint density at radius 2 is 2.15 bits per heavy atom. The summed E-state index contributed by atoms with van der Waals surface area (Å²) >= 11 is 2.12. The molecular weight excluding hydrogens is 178 g/mol. The molecule has 2 rings (SSSR count). The van der Waals surface area contributed by atoms with Crippen LogP contribution in [0.5, 0.6) is 0 Å². The molecule has 13 heavy (non-hydrogen) atoms. The van der Waals surface area contributed by atoms with Gasteiger partial charge in [-0.15, -0.1) is 0 Å². The maximum Gasteiger partial charge on any atom is 0.0161 e. The summed E-state index contributed by atoms with van der Waals surface area (Å²) in [6.45, 7) is 4.76.